The predicted molar refractivity (Wildman–Crippen MR) is 153 cm³/mol. The summed E-state index contributed by atoms with van der Waals surface area (Å²) in [7, 11) is 0. The van der Waals surface area contributed by atoms with Crippen LogP contribution in [-0.4, -0.2) is 15.9 Å². The molecule has 1 aromatic heterocycles. The van der Waals surface area contributed by atoms with E-state index in [1.165, 1.54) is 64.2 Å². The first-order chi connectivity index (χ1) is 18.6. The van der Waals surface area contributed by atoms with Crippen LogP contribution in [0.15, 0.2) is 54.9 Å². The van der Waals surface area contributed by atoms with Gasteiger partial charge in [-0.05, 0) is 73.2 Å². The number of aromatic nitrogens is 2. The highest BCUT2D eigenvalue weighted by Crippen LogP contribution is 2.22. The van der Waals surface area contributed by atoms with Crippen molar-refractivity contribution in [3.63, 3.8) is 0 Å². The summed E-state index contributed by atoms with van der Waals surface area (Å²) in [6, 6.07) is 14.7. The van der Waals surface area contributed by atoms with Crippen molar-refractivity contribution in [3.8, 4) is 23.2 Å². The maximum absolute atomic E-state index is 12.7. The second-order valence-corrected chi connectivity index (χ2v) is 9.99. The Kier molecular flexibility index (Phi) is 12.5. The average Bonchev–Trinajstić information content (AvgIpc) is 2.95. The Bertz CT molecular complexity index is 1160. The monoisotopic (exact) mass is 511 g/mol. The molecule has 5 nitrogen and oxygen atoms in total. The number of ether oxygens (including phenoxy) is 1. The molecule has 0 N–H and O–H groups in total. The summed E-state index contributed by atoms with van der Waals surface area (Å²) in [5.74, 6) is 0.620. The van der Waals surface area contributed by atoms with Crippen LogP contribution in [0.4, 0.5) is 0 Å². The molecule has 0 spiro atoms. The Balaban J connectivity index is 1.52. The minimum Gasteiger partial charge on any atom is -0.423 e. The van der Waals surface area contributed by atoms with Crippen LogP contribution in [0, 0.1) is 11.3 Å². The van der Waals surface area contributed by atoms with Crippen LogP contribution in [-0.2, 0) is 12.8 Å². The molecule has 0 unspecified atom stereocenters. The molecule has 0 aliphatic heterocycles. The highest BCUT2D eigenvalue weighted by Gasteiger charge is 2.13. The van der Waals surface area contributed by atoms with Crippen molar-refractivity contribution in [1.29, 1.82) is 5.26 Å². The number of esters is 1. The number of aryl methyl sites for hydroxylation is 2. The fourth-order valence-electron chi connectivity index (χ4n) is 4.52. The largest absolute Gasteiger partial charge is 0.423 e. The zero-order valence-electron chi connectivity index (χ0n) is 23.0. The lowest BCUT2D eigenvalue weighted by molar-refractivity contribution is 0.0734. The maximum atomic E-state index is 12.7. The quantitative estimate of drug-likeness (QED) is 0.109. The van der Waals surface area contributed by atoms with Gasteiger partial charge in [0.2, 0.25) is 0 Å². The number of benzene rings is 2. The zero-order chi connectivity index (χ0) is 27.0. The molecule has 5 heteroatoms. The van der Waals surface area contributed by atoms with Gasteiger partial charge in [-0.25, -0.2) is 14.8 Å². The van der Waals surface area contributed by atoms with Crippen LogP contribution in [0.5, 0.6) is 5.75 Å². The summed E-state index contributed by atoms with van der Waals surface area (Å²) in [5, 5.41) is 9.60. The van der Waals surface area contributed by atoms with Crippen molar-refractivity contribution in [1.82, 2.24) is 9.97 Å². The molecule has 0 saturated carbocycles. The van der Waals surface area contributed by atoms with Gasteiger partial charge < -0.3 is 4.74 Å². The third-order valence-electron chi connectivity index (χ3n) is 6.86. The summed E-state index contributed by atoms with van der Waals surface area (Å²) in [6.07, 6.45) is 19.2. The van der Waals surface area contributed by atoms with Crippen LogP contribution in [0.2, 0.25) is 0 Å². The van der Waals surface area contributed by atoms with E-state index in [0.29, 0.717) is 22.7 Å². The molecule has 3 rings (SSSR count). The van der Waals surface area contributed by atoms with Crippen LogP contribution < -0.4 is 4.74 Å². The Hall–Kier alpha value is -3.52. The van der Waals surface area contributed by atoms with Gasteiger partial charge in [-0.3, -0.25) is 0 Å². The first kappa shape index (κ1) is 29.0. The Morgan fingerprint density at radius 3 is 2.03 bits per heavy atom. The topological polar surface area (TPSA) is 75.9 Å². The lowest BCUT2D eigenvalue weighted by atomic mass is 9.99. The molecule has 38 heavy (non-hydrogen) atoms. The van der Waals surface area contributed by atoms with E-state index in [9.17, 15) is 10.1 Å². The second-order valence-electron chi connectivity index (χ2n) is 9.99. The van der Waals surface area contributed by atoms with E-state index < -0.39 is 5.97 Å². The SMILES string of the molecule is CCCCCCCCc1ccc(C(=O)Oc2ccc(-c3ncc(CCCCCCC)cn3)cc2)cc1C#N. The molecule has 0 bridgehead atoms. The van der Waals surface area contributed by atoms with Crippen molar-refractivity contribution >= 4 is 5.97 Å². The third-order valence-corrected chi connectivity index (χ3v) is 6.86. The van der Waals surface area contributed by atoms with E-state index >= 15 is 0 Å². The number of hydrogen-bond donors (Lipinski definition) is 0. The van der Waals surface area contributed by atoms with E-state index in [1.807, 2.05) is 30.6 Å². The first-order valence-corrected chi connectivity index (χ1v) is 14.3. The summed E-state index contributed by atoms with van der Waals surface area (Å²) in [4.78, 5) is 21.8. The van der Waals surface area contributed by atoms with E-state index in [2.05, 4.69) is 29.9 Å². The molecule has 0 aliphatic rings. The number of nitriles is 1. The number of nitrogens with zero attached hydrogens (tertiary/aromatic N) is 3. The second kappa shape index (κ2) is 16.3. The molecule has 1 heterocycles. The van der Waals surface area contributed by atoms with Crippen molar-refractivity contribution < 1.29 is 9.53 Å². The number of rotatable bonds is 16. The smallest absolute Gasteiger partial charge is 0.343 e. The van der Waals surface area contributed by atoms with Crippen LogP contribution in [0.1, 0.15) is 112 Å². The van der Waals surface area contributed by atoms with Crippen LogP contribution in [0.3, 0.4) is 0 Å². The highest BCUT2D eigenvalue weighted by molar-refractivity contribution is 5.91. The van der Waals surface area contributed by atoms with Crippen LogP contribution in [0.25, 0.3) is 11.4 Å². The summed E-state index contributed by atoms with van der Waals surface area (Å²) >= 11 is 0. The van der Waals surface area contributed by atoms with Crippen molar-refractivity contribution in [2.24, 2.45) is 0 Å². The molecule has 0 fully saturated rings. The van der Waals surface area contributed by atoms with Gasteiger partial charge in [-0.2, -0.15) is 5.26 Å². The number of unbranched alkanes of at least 4 members (excludes halogenated alkanes) is 9. The van der Waals surface area contributed by atoms with E-state index in [-0.39, 0.29) is 0 Å². The molecule has 3 aromatic rings. The van der Waals surface area contributed by atoms with E-state index in [1.54, 1.807) is 24.3 Å². The van der Waals surface area contributed by atoms with Crippen molar-refractivity contribution in [2.45, 2.75) is 97.3 Å². The van der Waals surface area contributed by atoms with Gasteiger partial charge in [0, 0.05) is 18.0 Å². The lowest BCUT2D eigenvalue weighted by Gasteiger charge is -2.09. The van der Waals surface area contributed by atoms with Gasteiger partial charge in [-0.15, -0.1) is 0 Å². The molecule has 0 aliphatic carbocycles. The van der Waals surface area contributed by atoms with Gasteiger partial charge in [0.15, 0.2) is 5.82 Å². The molecule has 0 atom stereocenters. The maximum Gasteiger partial charge on any atom is 0.343 e. The Morgan fingerprint density at radius 1 is 0.789 bits per heavy atom. The molecule has 200 valence electrons. The normalized spacial score (nSPS) is 10.8. The standard InChI is InChI=1S/C33H41N3O2/c1-3-5-7-9-11-13-15-27-16-17-29(22-30(27)23-34)33(37)38-31-20-18-28(19-21-31)32-35-24-26(25-36-32)14-12-10-8-6-4-2/h16-22,24-25H,3-15H2,1-2H3. The Morgan fingerprint density at radius 2 is 1.39 bits per heavy atom. The fourth-order valence-corrected chi connectivity index (χ4v) is 4.52. The number of hydrogen-bond acceptors (Lipinski definition) is 5. The summed E-state index contributed by atoms with van der Waals surface area (Å²) < 4.78 is 5.57. The average molecular weight is 512 g/mol. The van der Waals surface area contributed by atoms with Gasteiger partial charge in [0.05, 0.1) is 17.2 Å². The summed E-state index contributed by atoms with van der Waals surface area (Å²) in [6.45, 7) is 4.44. The molecular weight excluding hydrogens is 470 g/mol. The van der Waals surface area contributed by atoms with E-state index in [0.717, 1.165) is 36.0 Å². The third kappa shape index (κ3) is 9.41. The van der Waals surface area contributed by atoms with Crippen molar-refractivity contribution in [3.05, 3.63) is 77.1 Å². The van der Waals surface area contributed by atoms with Crippen molar-refractivity contribution in [2.75, 3.05) is 0 Å². The molecule has 0 amide bonds. The molecular formula is C33H41N3O2. The van der Waals surface area contributed by atoms with Gasteiger partial charge >= 0.3 is 5.97 Å². The number of carbonyl (C=O) groups excluding carboxylic acids is 1. The van der Waals surface area contributed by atoms with Gasteiger partial charge in [0.1, 0.15) is 5.75 Å². The molecule has 2 aromatic carbocycles. The highest BCUT2D eigenvalue weighted by atomic mass is 16.5. The van der Waals surface area contributed by atoms with Gasteiger partial charge in [0.25, 0.3) is 0 Å². The van der Waals surface area contributed by atoms with E-state index in [4.69, 9.17) is 4.74 Å². The minimum absolute atomic E-state index is 0.380. The Labute approximate surface area is 228 Å². The minimum atomic E-state index is -0.472. The fraction of sp³-hybridized carbons (Fsp3) is 0.455. The zero-order valence-corrected chi connectivity index (χ0v) is 23.0. The van der Waals surface area contributed by atoms with Gasteiger partial charge in [-0.1, -0.05) is 77.7 Å². The summed E-state index contributed by atoms with van der Waals surface area (Å²) in [5.41, 5.74) is 3.94. The lowest BCUT2D eigenvalue weighted by Crippen LogP contribution is -2.09. The molecule has 0 saturated heterocycles. The predicted octanol–water partition coefficient (Wildman–Crippen LogP) is 8.65. The van der Waals surface area contributed by atoms with Crippen LogP contribution >= 0.6 is 0 Å². The number of carbonyl (C=O) groups is 1. The first-order valence-electron chi connectivity index (χ1n) is 14.3. The molecule has 0 radical (unpaired) electrons.